The van der Waals surface area contributed by atoms with Gasteiger partial charge < -0.3 is 15.2 Å². The molecule has 1 saturated heterocycles. The van der Waals surface area contributed by atoms with Crippen molar-refractivity contribution in [2.45, 2.75) is 41.9 Å². The lowest BCUT2D eigenvalue weighted by Gasteiger charge is -2.33. The van der Waals surface area contributed by atoms with Crippen molar-refractivity contribution in [2.75, 3.05) is 13.1 Å². The average molecular weight is 370 g/mol. The van der Waals surface area contributed by atoms with Crippen LogP contribution in [0.1, 0.15) is 30.1 Å². The first-order chi connectivity index (χ1) is 12.6. The van der Waals surface area contributed by atoms with Crippen molar-refractivity contribution < 1.29 is 9.59 Å². The molecular weight excluding hydrogens is 348 g/mol. The average Bonchev–Trinajstić information content (AvgIpc) is 3.27. The number of nitrogens with zero attached hydrogens (tertiary/aromatic N) is 3. The summed E-state index contributed by atoms with van der Waals surface area (Å²) in [5, 5.41) is 0.000739. The topological polar surface area (TPSA) is 81.2 Å². The third-order valence-corrected chi connectivity index (χ3v) is 6.47. The number of nitrogens with two attached hydrogens (primary N) is 1. The Morgan fingerprint density at radius 1 is 1.23 bits per heavy atom. The van der Waals surface area contributed by atoms with Gasteiger partial charge in [0.1, 0.15) is 12.4 Å². The van der Waals surface area contributed by atoms with E-state index in [1.165, 1.54) is 10.5 Å². The van der Waals surface area contributed by atoms with Crippen LogP contribution in [0.25, 0.3) is 0 Å². The van der Waals surface area contributed by atoms with E-state index >= 15 is 0 Å². The largest absolute Gasteiger partial charge is 0.368 e. The molecule has 0 aliphatic carbocycles. The molecule has 1 fully saturated rings. The second kappa shape index (κ2) is 7.15. The quantitative estimate of drug-likeness (QED) is 0.890. The van der Waals surface area contributed by atoms with Crippen molar-refractivity contribution in [3.8, 4) is 0 Å². The van der Waals surface area contributed by atoms with Gasteiger partial charge in [-0.2, -0.15) is 0 Å². The molecule has 2 aliphatic rings. The monoisotopic (exact) mass is 370 g/mol. The van der Waals surface area contributed by atoms with Crippen LogP contribution >= 0.6 is 11.8 Å². The van der Waals surface area contributed by atoms with E-state index in [0.717, 1.165) is 38.2 Å². The Morgan fingerprint density at radius 3 is 2.73 bits per heavy atom. The third kappa shape index (κ3) is 3.35. The number of primary amides is 1. The molecule has 2 aromatic rings. The van der Waals surface area contributed by atoms with Gasteiger partial charge in [0.2, 0.25) is 11.8 Å². The van der Waals surface area contributed by atoms with Crippen molar-refractivity contribution in [2.24, 2.45) is 5.73 Å². The number of benzene rings is 1. The molecule has 6 nitrogen and oxygen atoms in total. The summed E-state index contributed by atoms with van der Waals surface area (Å²) < 4.78 is 1.83. The third-order valence-electron chi connectivity index (χ3n) is 5.17. The summed E-state index contributed by atoms with van der Waals surface area (Å²) in [5.41, 5.74) is 6.58. The highest BCUT2D eigenvalue weighted by Crippen LogP contribution is 2.38. The van der Waals surface area contributed by atoms with Crippen molar-refractivity contribution in [3.63, 3.8) is 0 Å². The summed E-state index contributed by atoms with van der Waals surface area (Å²) in [4.78, 5) is 31.7. The van der Waals surface area contributed by atoms with Gasteiger partial charge in [0.25, 0.3) is 0 Å². The molecule has 7 heteroatoms. The number of rotatable bonds is 4. The van der Waals surface area contributed by atoms with E-state index in [-0.39, 0.29) is 29.5 Å². The maximum atomic E-state index is 12.9. The standard InChI is InChI=1S/C19H22N4O2S/c20-17(24)12-23-10-7-21-18(23)13-5-8-22(9-6-13)19(25)16-11-14-3-1-2-4-15(14)26-16/h1-4,7,10,13,16H,5-6,8-9,11-12H2,(H2,20,24)/t16-/m0/s1. The van der Waals surface area contributed by atoms with Crippen LogP contribution < -0.4 is 5.73 Å². The fourth-order valence-corrected chi connectivity index (χ4v) is 5.14. The van der Waals surface area contributed by atoms with Crippen LogP contribution in [0.4, 0.5) is 0 Å². The zero-order valence-electron chi connectivity index (χ0n) is 14.5. The number of fused-ring (bicyclic) bond motifs is 1. The number of carbonyl (C=O) groups is 2. The number of amides is 2. The molecule has 0 radical (unpaired) electrons. The number of hydrogen-bond donors (Lipinski definition) is 1. The Hall–Kier alpha value is -2.28. The van der Waals surface area contributed by atoms with Gasteiger partial charge in [-0.3, -0.25) is 9.59 Å². The summed E-state index contributed by atoms with van der Waals surface area (Å²) in [5.74, 6) is 1.04. The van der Waals surface area contributed by atoms with Crippen LogP contribution in [0.5, 0.6) is 0 Å². The fourth-order valence-electron chi connectivity index (χ4n) is 3.86. The predicted molar refractivity (Wildman–Crippen MR) is 99.8 cm³/mol. The highest BCUT2D eigenvalue weighted by Gasteiger charge is 2.34. The Labute approximate surface area is 156 Å². The normalized spacial score (nSPS) is 20.2. The number of hydrogen-bond acceptors (Lipinski definition) is 4. The fraction of sp³-hybridized carbons (Fsp3) is 0.421. The molecule has 4 rings (SSSR count). The summed E-state index contributed by atoms with van der Waals surface area (Å²) >= 11 is 1.69. The van der Waals surface area contributed by atoms with Gasteiger partial charge in [-0.05, 0) is 30.9 Å². The summed E-state index contributed by atoms with van der Waals surface area (Å²) in [6, 6.07) is 8.27. The summed E-state index contributed by atoms with van der Waals surface area (Å²) in [7, 11) is 0. The molecule has 1 atom stereocenters. The highest BCUT2D eigenvalue weighted by atomic mass is 32.2. The molecule has 2 N–H and O–H groups in total. The number of aromatic nitrogens is 2. The van der Waals surface area contributed by atoms with E-state index in [2.05, 4.69) is 17.1 Å². The molecule has 2 aliphatic heterocycles. The van der Waals surface area contributed by atoms with Crippen LogP contribution in [-0.4, -0.2) is 44.6 Å². The molecular formula is C19H22N4O2S. The molecule has 0 unspecified atom stereocenters. The lowest BCUT2D eigenvalue weighted by molar-refractivity contribution is -0.131. The Bertz CT molecular complexity index is 801. The van der Waals surface area contributed by atoms with Crippen molar-refractivity contribution in [1.82, 2.24) is 14.5 Å². The summed E-state index contributed by atoms with van der Waals surface area (Å²) in [6.45, 7) is 1.63. The minimum absolute atomic E-state index is 0.000739. The van der Waals surface area contributed by atoms with Crippen molar-refractivity contribution in [3.05, 3.63) is 48.0 Å². The maximum absolute atomic E-state index is 12.9. The van der Waals surface area contributed by atoms with E-state index in [9.17, 15) is 9.59 Å². The molecule has 0 bridgehead atoms. The van der Waals surface area contributed by atoms with Gasteiger partial charge >= 0.3 is 0 Å². The van der Waals surface area contributed by atoms with Crippen LogP contribution in [0, 0.1) is 0 Å². The minimum atomic E-state index is -0.366. The van der Waals surface area contributed by atoms with Crippen LogP contribution in [-0.2, 0) is 22.6 Å². The number of likely N-dealkylation sites (tertiary alicyclic amines) is 1. The zero-order valence-corrected chi connectivity index (χ0v) is 15.3. The van der Waals surface area contributed by atoms with Gasteiger partial charge in [0.15, 0.2) is 0 Å². The van der Waals surface area contributed by atoms with Crippen LogP contribution in [0.3, 0.4) is 0 Å². The first-order valence-corrected chi connectivity index (χ1v) is 9.82. The van der Waals surface area contributed by atoms with E-state index in [0.29, 0.717) is 0 Å². The van der Waals surface area contributed by atoms with Crippen molar-refractivity contribution in [1.29, 1.82) is 0 Å². The minimum Gasteiger partial charge on any atom is -0.368 e. The van der Waals surface area contributed by atoms with Crippen LogP contribution in [0.2, 0.25) is 0 Å². The van der Waals surface area contributed by atoms with E-state index in [1.54, 1.807) is 24.2 Å². The molecule has 0 spiro atoms. The van der Waals surface area contributed by atoms with E-state index in [4.69, 9.17) is 5.73 Å². The molecule has 3 heterocycles. The summed E-state index contributed by atoms with van der Waals surface area (Å²) in [6.07, 6.45) is 6.06. The zero-order chi connectivity index (χ0) is 18.1. The maximum Gasteiger partial charge on any atom is 0.237 e. The first kappa shape index (κ1) is 17.1. The van der Waals surface area contributed by atoms with Crippen LogP contribution in [0.15, 0.2) is 41.6 Å². The second-order valence-corrected chi connectivity index (χ2v) is 8.14. The molecule has 26 heavy (non-hydrogen) atoms. The Kier molecular flexibility index (Phi) is 4.72. The lowest BCUT2D eigenvalue weighted by Crippen LogP contribution is -2.42. The smallest absolute Gasteiger partial charge is 0.237 e. The first-order valence-electron chi connectivity index (χ1n) is 8.94. The van der Waals surface area contributed by atoms with Gasteiger partial charge in [-0.15, -0.1) is 11.8 Å². The Morgan fingerprint density at radius 2 is 2.00 bits per heavy atom. The SMILES string of the molecule is NC(=O)Cn1ccnc1C1CCN(C(=O)[C@@H]2Cc3ccccc3S2)CC1. The lowest BCUT2D eigenvalue weighted by atomic mass is 9.95. The van der Waals surface area contributed by atoms with Gasteiger partial charge in [-0.25, -0.2) is 4.98 Å². The van der Waals surface area contributed by atoms with E-state index in [1.807, 2.05) is 21.6 Å². The van der Waals surface area contributed by atoms with Gasteiger partial charge in [0, 0.05) is 36.3 Å². The second-order valence-electron chi connectivity index (χ2n) is 6.90. The molecule has 0 saturated carbocycles. The van der Waals surface area contributed by atoms with E-state index < -0.39 is 0 Å². The molecule has 1 aromatic heterocycles. The number of carbonyl (C=O) groups excluding carboxylic acids is 2. The molecule has 2 amide bonds. The van der Waals surface area contributed by atoms with Gasteiger partial charge in [-0.1, -0.05) is 18.2 Å². The number of imidazole rings is 1. The number of piperidine rings is 1. The molecule has 136 valence electrons. The molecule has 1 aromatic carbocycles. The van der Waals surface area contributed by atoms with Gasteiger partial charge in [0.05, 0.1) is 5.25 Å². The highest BCUT2D eigenvalue weighted by molar-refractivity contribution is 8.01. The predicted octanol–water partition coefficient (Wildman–Crippen LogP) is 1.79. The number of thioether (sulfide) groups is 1. The van der Waals surface area contributed by atoms with Crippen molar-refractivity contribution >= 4 is 23.6 Å². The Balaban J connectivity index is 1.36.